The summed E-state index contributed by atoms with van der Waals surface area (Å²) in [5, 5.41) is 12.6. The minimum Gasteiger partial charge on any atom is -0.389 e. The van der Waals surface area contributed by atoms with Gasteiger partial charge in [-0.25, -0.2) is 9.07 Å². The van der Waals surface area contributed by atoms with E-state index < -0.39 is 12.4 Å². The van der Waals surface area contributed by atoms with E-state index in [1.54, 1.807) is 17.1 Å². The lowest BCUT2D eigenvalue weighted by molar-refractivity contribution is 0.300. The Labute approximate surface area is 92.5 Å². The van der Waals surface area contributed by atoms with Crippen molar-refractivity contribution < 1.29 is 9.50 Å². The lowest BCUT2D eigenvalue weighted by atomic mass is 10.3. The first-order chi connectivity index (χ1) is 7.79. The predicted octanol–water partition coefficient (Wildman–Crippen LogP) is 2.17. The molecule has 0 bridgehead atoms. The zero-order valence-corrected chi connectivity index (χ0v) is 8.55. The third-order valence-corrected chi connectivity index (χ3v) is 2.10. The van der Waals surface area contributed by atoms with E-state index >= 15 is 0 Å². The van der Waals surface area contributed by atoms with Crippen LogP contribution in [0.4, 0.5) is 4.39 Å². The zero-order valence-electron chi connectivity index (χ0n) is 8.55. The SMILES string of the molecule is OC/C(F)=C/c1cnn(-c2ccccc2)c1. The van der Waals surface area contributed by atoms with Crippen molar-refractivity contribution in [3.63, 3.8) is 0 Å². The normalized spacial score (nSPS) is 11.8. The Kier molecular flexibility index (Phi) is 3.12. The van der Waals surface area contributed by atoms with Crippen LogP contribution in [0, 0.1) is 0 Å². The number of benzene rings is 1. The van der Waals surface area contributed by atoms with E-state index in [0.29, 0.717) is 5.56 Å². The molecule has 0 unspecified atom stereocenters. The van der Waals surface area contributed by atoms with E-state index in [1.165, 1.54) is 6.08 Å². The molecule has 0 amide bonds. The first-order valence-electron chi connectivity index (χ1n) is 4.86. The van der Waals surface area contributed by atoms with Crippen LogP contribution in [0.3, 0.4) is 0 Å². The monoisotopic (exact) mass is 218 g/mol. The lowest BCUT2D eigenvalue weighted by Crippen LogP contribution is -1.92. The number of aliphatic hydroxyl groups excluding tert-OH is 1. The van der Waals surface area contributed by atoms with Gasteiger partial charge in [-0.05, 0) is 18.2 Å². The van der Waals surface area contributed by atoms with Crippen LogP contribution in [-0.2, 0) is 0 Å². The molecule has 0 radical (unpaired) electrons. The molecule has 0 saturated carbocycles. The summed E-state index contributed by atoms with van der Waals surface area (Å²) in [6.07, 6.45) is 4.50. The van der Waals surface area contributed by atoms with Crippen LogP contribution in [0.25, 0.3) is 11.8 Å². The molecule has 0 fully saturated rings. The predicted molar refractivity (Wildman–Crippen MR) is 59.7 cm³/mol. The van der Waals surface area contributed by atoms with E-state index in [0.717, 1.165) is 5.69 Å². The fourth-order valence-electron chi connectivity index (χ4n) is 1.36. The van der Waals surface area contributed by atoms with Gasteiger partial charge in [0, 0.05) is 11.8 Å². The Bertz CT molecular complexity index is 491. The topological polar surface area (TPSA) is 38.1 Å². The molecule has 1 aromatic heterocycles. The average molecular weight is 218 g/mol. The maximum absolute atomic E-state index is 12.8. The molecule has 0 atom stereocenters. The molecule has 82 valence electrons. The summed E-state index contributed by atoms with van der Waals surface area (Å²) < 4.78 is 14.5. The van der Waals surface area contributed by atoms with Crippen molar-refractivity contribution >= 4 is 6.08 Å². The van der Waals surface area contributed by atoms with Gasteiger partial charge in [-0.15, -0.1) is 0 Å². The molecule has 3 nitrogen and oxygen atoms in total. The van der Waals surface area contributed by atoms with Gasteiger partial charge >= 0.3 is 0 Å². The van der Waals surface area contributed by atoms with Crippen LogP contribution in [0.15, 0.2) is 48.6 Å². The highest BCUT2D eigenvalue weighted by molar-refractivity contribution is 5.50. The Morgan fingerprint density at radius 1 is 1.38 bits per heavy atom. The zero-order chi connectivity index (χ0) is 11.4. The van der Waals surface area contributed by atoms with Crippen LogP contribution < -0.4 is 0 Å². The molecule has 0 aliphatic heterocycles. The third kappa shape index (κ3) is 2.35. The number of aliphatic hydroxyl groups is 1. The average Bonchev–Trinajstić information content (AvgIpc) is 2.78. The lowest BCUT2D eigenvalue weighted by Gasteiger charge is -1.98. The second-order valence-corrected chi connectivity index (χ2v) is 3.30. The van der Waals surface area contributed by atoms with Crippen LogP contribution in [-0.4, -0.2) is 21.5 Å². The first-order valence-corrected chi connectivity index (χ1v) is 4.86. The summed E-state index contributed by atoms with van der Waals surface area (Å²) in [6, 6.07) is 9.53. The van der Waals surface area contributed by atoms with Crippen molar-refractivity contribution in [1.82, 2.24) is 9.78 Å². The van der Waals surface area contributed by atoms with Crippen molar-refractivity contribution in [3.05, 3.63) is 54.1 Å². The molecule has 1 N–H and O–H groups in total. The largest absolute Gasteiger partial charge is 0.389 e. The van der Waals surface area contributed by atoms with Gasteiger partial charge < -0.3 is 5.11 Å². The standard InChI is InChI=1S/C12H11FN2O/c13-11(9-16)6-10-7-14-15(8-10)12-4-2-1-3-5-12/h1-8,16H,9H2/b11-6-. The van der Waals surface area contributed by atoms with Crippen molar-refractivity contribution in [1.29, 1.82) is 0 Å². The van der Waals surface area contributed by atoms with Crippen molar-refractivity contribution in [3.8, 4) is 5.69 Å². The van der Waals surface area contributed by atoms with Crippen LogP contribution in [0.1, 0.15) is 5.56 Å². The number of hydrogen-bond donors (Lipinski definition) is 1. The summed E-state index contributed by atoms with van der Waals surface area (Å²) in [4.78, 5) is 0. The molecule has 4 heteroatoms. The minimum atomic E-state index is -0.587. The second kappa shape index (κ2) is 4.72. The number of para-hydroxylation sites is 1. The van der Waals surface area contributed by atoms with E-state index in [4.69, 9.17) is 5.11 Å². The van der Waals surface area contributed by atoms with E-state index in [-0.39, 0.29) is 0 Å². The molecule has 16 heavy (non-hydrogen) atoms. The number of rotatable bonds is 3. The Hall–Kier alpha value is -1.94. The highest BCUT2D eigenvalue weighted by Crippen LogP contribution is 2.10. The van der Waals surface area contributed by atoms with Gasteiger partial charge in [0.25, 0.3) is 0 Å². The Morgan fingerprint density at radius 3 is 2.81 bits per heavy atom. The molecule has 2 aromatic rings. The van der Waals surface area contributed by atoms with Gasteiger partial charge in [0.05, 0.1) is 18.5 Å². The molecule has 0 spiro atoms. The van der Waals surface area contributed by atoms with Gasteiger partial charge in [-0.2, -0.15) is 5.10 Å². The Balaban J connectivity index is 2.27. The highest BCUT2D eigenvalue weighted by Gasteiger charge is 1.99. The van der Waals surface area contributed by atoms with E-state index in [2.05, 4.69) is 5.10 Å². The van der Waals surface area contributed by atoms with Crippen molar-refractivity contribution in [2.75, 3.05) is 6.61 Å². The number of halogens is 1. The summed E-state index contributed by atoms with van der Waals surface area (Å²) >= 11 is 0. The van der Waals surface area contributed by atoms with Gasteiger partial charge in [-0.1, -0.05) is 18.2 Å². The van der Waals surface area contributed by atoms with Crippen LogP contribution in [0.2, 0.25) is 0 Å². The highest BCUT2D eigenvalue weighted by atomic mass is 19.1. The first kappa shape index (κ1) is 10.6. The summed E-state index contributed by atoms with van der Waals surface area (Å²) in [5.74, 6) is -0.576. The number of hydrogen-bond acceptors (Lipinski definition) is 2. The molecule has 0 aliphatic carbocycles. The molecule has 1 aromatic carbocycles. The second-order valence-electron chi connectivity index (χ2n) is 3.30. The van der Waals surface area contributed by atoms with Crippen molar-refractivity contribution in [2.24, 2.45) is 0 Å². The number of aromatic nitrogens is 2. The third-order valence-electron chi connectivity index (χ3n) is 2.10. The van der Waals surface area contributed by atoms with Gasteiger partial charge in [0.1, 0.15) is 5.83 Å². The minimum absolute atomic E-state index is 0.576. The summed E-state index contributed by atoms with van der Waals surface area (Å²) in [7, 11) is 0. The molecular formula is C12H11FN2O. The quantitative estimate of drug-likeness (QED) is 0.857. The van der Waals surface area contributed by atoms with Crippen LogP contribution in [0.5, 0.6) is 0 Å². The van der Waals surface area contributed by atoms with E-state index in [9.17, 15) is 4.39 Å². The fraction of sp³-hybridized carbons (Fsp3) is 0.0833. The molecule has 0 aliphatic rings. The van der Waals surface area contributed by atoms with Crippen molar-refractivity contribution in [2.45, 2.75) is 0 Å². The molecule has 0 saturated heterocycles. The summed E-state index contributed by atoms with van der Waals surface area (Å²) in [5.41, 5.74) is 1.53. The smallest absolute Gasteiger partial charge is 0.126 e. The maximum Gasteiger partial charge on any atom is 0.126 e. The summed E-state index contributed by atoms with van der Waals surface area (Å²) in [6.45, 7) is -0.587. The number of nitrogens with zero attached hydrogens (tertiary/aromatic N) is 2. The molecule has 1 heterocycles. The van der Waals surface area contributed by atoms with Gasteiger partial charge in [0.15, 0.2) is 0 Å². The Morgan fingerprint density at radius 2 is 2.12 bits per heavy atom. The van der Waals surface area contributed by atoms with Gasteiger partial charge in [-0.3, -0.25) is 0 Å². The van der Waals surface area contributed by atoms with E-state index in [1.807, 2.05) is 30.3 Å². The molecular weight excluding hydrogens is 207 g/mol. The fourth-order valence-corrected chi connectivity index (χ4v) is 1.36. The van der Waals surface area contributed by atoms with Gasteiger partial charge in [0.2, 0.25) is 0 Å². The van der Waals surface area contributed by atoms with Crippen LogP contribution >= 0.6 is 0 Å². The molecule has 2 rings (SSSR count). The maximum atomic E-state index is 12.8.